The second-order valence-electron chi connectivity index (χ2n) is 3.46. The van der Waals surface area contributed by atoms with Crippen molar-refractivity contribution in [2.24, 2.45) is 0 Å². The van der Waals surface area contributed by atoms with Crippen molar-refractivity contribution in [2.45, 2.75) is 11.4 Å². The molecule has 0 radical (unpaired) electrons. The predicted octanol–water partition coefficient (Wildman–Crippen LogP) is 1.06. The van der Waals surface area contributed by atoms with E-state index in [0.717, 1.165) is 4.88 Å². The first-order valence-corrected chi connectivity index (χ1v) is 7.50. The fourth-order valence-electron chi connectivity index (χ4n) is 1.30. The number of rotatable bonds is 5. The van der Waals surface area contributed by atoms with Gasteiger partial charge in [-0.05, 0) is 19.2 Å². The molecule has 0 spiro atoms. The van der Waals surface area contributed by atoms with E-state index in [1.165, 1.54) is 23.7 Å². The maximum atomic E-state index is 12.0. The molecule has 2 heterocycles. The summed E-state index contributed by atoms with van der Waals surface area (Å²) < 4.78 is 26.4. The smallest absolute Gasteiger partial charge is 0.265 e. The average Bonchev–Trinajstić information content (AvgIpc) is 2.80. The summed E-state index contributed by atoms with van der Waals surface area (Å²) in [7, 11) is -1.79. The first-order chi connectivity index (χ1) is 8.62. The summed E-state index contributed by atoms with van der Waals surface area (Å²) in [6.07, 6.45) is 2.95. The highest BCUT2D eigenvalue weighted by molar-refractivity contribution is 7.92. The quantitative estimate of drug-likeness (QED) is 0.857. The van der Waals surface area contributed by atoms with E-state index in [-0.39, 0.29) is 10.8 Å². The van der Waals surface area contributed by atoms with E-state index in [1.807, 2.05) is 7.05 Å². The van der Waals surface area contributed by atoms with Crippen molar-refractivity contribution >= 4 is 27.3 Å². The molecule has 0 aromatic carbocycles. The molecule has 0 amide bonds. The SMILES string of the molecule is CNCc1cc(S(=O)(=O)Nc2ncccn2)cs1. The third-order valence-electron chi connectivity index (χ3n) is 2.08. The molecule has 96 valence electrons. The normalized spacial score (nSPS) is 11.4. The van der Waals surface area contributed by atoms with Gasteiger partial charge in [-0.1, -0.05) is 0 Å². The summed E-state index contributed by atoms with van der Waals surface area (Å²) in [5, 5.41) is 4.56. The summed E-state index contributed by atoms with van der Waals surface area (Å²) in [6, 6.07) is 3.25. The molecule has 6 nitrogen and oxygen atoms in total. The van der Waals surface area contributed by atoms with Crippen LogP contribution in [-0.4, -0.2) is 25.4 Å². The number of nitrogens with one attached hydrogen (secondary N) is 2. The van der Waals surface area contributed by atoms with Gasteiger partial charge in [0.25, 0.3) is 10.0 Å². The highest BCUT2D eigenvalue weighted by Gasteiger charge is 2.17. The van der Waals surface area contributed by atoms with Crippen LogP contribution in [0.4, 0.5) is 5.95 Å². The molecule has 0 bridgehead atoms. The van der Waals surface area contributed by atoms with Crippen LogP contribution in [0.25, 0.3) is 0 Å². The molecule has 0 aliphatic rings. The number of anilines is 1. The first-order valence-electron chi connectivity index (χ1n) is 5.13. The lowest BCUT2D eigenvalue weighted by atomic mass is 10.5. The van der Waals surface area contributed by atoms with Gasteiger partial charge in [0, 0.05) is 29.2 Å². The van der Waals surface area contributed by atoms with Crippen LogP contribution in [0.15, 0.2) is 34.8 Å². The van der Waals surface area contributed by atoms with Crippen LogP contribution >= 0.6 is 11.3 Å². The van der Waals surface area contributed by atoms with Gasteiger partial charge in [-0.3, -0.25) is 0 Å². The zero-order chi connectivity index (χ0) is 13.0. The van der Waals surface area contributed by atoms with Crippen LogP contribution in [0.1, 0.15) is 4.88 Å². The molecule has 8 heteroatoms. The topological polar surface area (TPSA) is 84.0 Å². The molecule has 0 saturated carbocycles. The van der Waals surface area contributed by atoms with Gasteiger partial charge in [-0.2, -0.15) is 0 Å². The standard InChI is InChI=1S/C10H12N4O2S2/c1-11-6-8-5-9(7-17-8)18(15,16)14-10-12-3-2-4-13-10/h2-5,7,11H,6H2,1H3,(H,12,13,14). The monoisotopic (exact) mass is 284 g/mol. The molecule has 2 rings (SSSR count). The fourth-order valence-corrected chi connectivity index (χ4v) is 3.54. The van der Waals surface area contributed by atoms with Gasteiger partial charge in [0.15, 0.2) is 0 Å². The minimum Gasteiger partial charge on any atom is -0.315 e. The minimum absolute atomic E-state index is 0.0684. The predicted molar refractivity (Wildman–Crippen MR) is 69.9 cm³/mol. The molecule has 0 aliphatic heterocycles. The lowest BCUT2D eigenvalue weighted by Gasteiger charge is -2.03. The number of thiophene rings is 1. The second kappa shape index (κ2) is 5.42. The molecule has 18 heavy (non-hydrogen) atoms. The Morgan fingerprint density at radius 3 is 2.72 bits per heavy atom. The van der Waals surface area contributed by atoms with E-state index in [1.54, 1.807) is 17.5 Å². The highest BCUT2D eigenvalue weighted by Crippen LogP contribution is 2.20. The molecule has 2 N–H and O–H groups in total. The Labute approximate surface area is 109 Å². The van der Waals surface area contributed by atoms with Gasteiger partial charge < -0.3 is 5.32 Å². The molecule has 0 atom stereocenters. The summed E-state index contributed by atoms with van der Waals surface area (Å²) in [5.41, 5.74) is 0. The lowest BCUT2D eigenvalue weighted by molar-refractivity contribution is 0.601. The van der Waals surface area contributed by atoms with Crippen molar-refractivity contribution in [1.82, 2.24) is 15.3 Å². The van der Waals surface area contributed by atoms with Gasteiger partial charge in [-0.15, -0.1) is 11.3 Å². The molecule has 0 unspecified atom stereocenters. The molecule has 0 aliphatic carbocycles. The number of hydrogen-bond acceptors (Lipinski definition) is 6. The summed E-state index contributed by atoms with van der Waals surface area (Å²) in [4.78, 5) is 8.82. The van der Waals surface area contributed by atoms with E-state index in [4.69, 9.17) is 0 Å². The third kappa shape index (κ3) is 3.03. The van der Waals surface area contributed by atoms with E-state index in [2.05, 4.69) is 20.0 Å². The Morgan fingerprint density at radius 1 is 1.33 bits per heavy atom. The Balaban J connectivity index is 2.20. The molecule has 0 fully saturated rings. The van der Waals surface area contributed by atoms with Gasteiger partial charge in [-0.25, -0.2) is 23.1 Å². The lowest BCUT2D eigenvalue weighted by Crippen LogP contribution is -2.14. The van der Waals surface area contributed by atoms with E-state index in [0.29, 0.717) is 6.54 Å². The van der Waals surface area contributed by atoms with Gasteiger partial charge in [0.05, 0.1) is 4.90 Å². The Bertz CT molecular complexity index is 610. The first kappa shape index (κ1) is 12.9. The van der Waals surface area contributed by atoms with Crippen LogP contribution < -0.4 is 10.0 Å². The molecule has 2 aromatic heterocycles. The van der Waals surface area contributed by atoms with Crippen molar-refractivity contribution in [3.8, 4) is 0 Å². The maximum Gasteiger partial charge on any atom is 0.265 e. The summed E-state index contributed by atoms with van der Waals surface area (Å²) >= 11 is 1.39. The molecule has 2 aromatic rings. The van der Waals surface area contributed by atoms with Gasteiger partial charge in [0.2, 0.25) is 5.95 Å². The van der Waals surface area contributed by atoms with Gasteiger partial charge in [0.1, 0.15) is 0 Å². The Morgan fingerprint density at radius 2 is 2.06 bits per heavy atom. The minimum atomic E-state index is -3.60. The Kier molecular flexibility index (Phi) is 3.90. The molecule has 0 saturated heterocycles. The van der Waals surface area contributed by atoms with Crippen LogP contribution in [0.2, 0.25) is 0 Å². The number of sulfonamides is 1. The fraction of sp³-hybridized carbons (Fsp3) is 0.200. The number of hydrogen-bond donors (Lipinski definition) is 2. The molecular weight excluding hydrogens is 272 g/mol. The average molecular weight is 284 g/mol. The van der Waals surface area contributed by atoms with Crippen LogP contribution in [0, 0.1) is 0 Å². The highest BCUT2D eigenvalue weighted by atomic mass is 32.2. The van der Waals surface area contributed by atoms with Crippen molar-refractivity contribution in [1.29, 1.82) is 0 Å². The van der Waals surface area contributed by atoms with Crippen molar-refractivity contribution < 1.29 is 8.42 Å². The Hall–Kier alpha value is -1.51. The number of nitrogens with zero attached hydrogens (tertiary/aromatic N) is 2. The zero-order valence-corrected chi connectivity index (χ0v) is 11.3. The third-order valence-corrected chi connectivity index (χ3v) is 4.48. The van der Waals surface area contributed by atoms with Gasteiger partial charge >= 0.3 is 0 Å². The largest absolute Gasteiger partial charge is 0.315 e. The number of aromatic nitrogens is 2. The summed E-state index contributed by atoms with van der Waals surface area (Å²) in [6.45, 7) is 0.641. The van der Waals surface area contributed by atoms with Crippen molar-refractivity contribution in [2.75, 3.05) is 11.8 Å². The van der Waals surface area contributed by atoms with Crippen molar-refractivity contribution in [3.63, 3.8) is 0 Å². The maximum absolute atomic E-state index is 12.0. The van der Waals surface area contributed by atoms with E-state index >= 15 is 0 Å². The van der Waals surface area contributed by atoms with Crippen molar-refractivity contribution in [3.05, 3.63) is 34.8 Å². The second-order valence-corrected chi connectivity index (χ2v) is 6.14. The summed E-state index contributed by atoms with van der Waals surface area (Å²) in [5.74, 6) is 0.0684. The van der Waals surface area contributed by atoms with Crippen LogP contribution in [0.5, 0.6) is 0 Å². The van der Waals surface area contributed by atoms with E-state index in [9.17, 15) is 8.42 Å². The zero-order valence-electron chi connectivity index (χ0n) is 9.62. The van der Waals surface area contributed by atoms with Crippen LogP contribution in [0.3, 0.4) is 0 Å². The van der Waals surface area contributed by atoms with E-state index < -0.39 is 10.0 Å². The molecular formula is C10H12N4O2S2. The van der Waals surface area contributed by atoms with Crippen LogP contribution in [-0.2, 0) is 16.6 Å².